The molecule has 4 heteroatoms. The summed E-state index contributed by atoms with van der Waals surface area (Å²) >= 11 is 3.40. The molecule has 0 aliphatic rings. The number of hydrogen-bond donors (Lipinski definition) is 0. The van der Waals surface area contributed by atoms with E-state index < -0.39 is 0 Å². The van der Waals surface area contributed by atoms with Crippen molar-refractivity contribution in [1.29, 1.82) is 0 Å². The van der Waals surface area contributed by atoms with Crippen molar-refractivity contribution in [2.24, 2.45) is 0 Å². The third-order valence-corrected chi connectivity index (χ3v) is 2.81. The topological polar surface area (TPSA) is 21.1 Å². The molecule has 0 aromatic carbocycles. The highest BCUT2D eigenvalue weighted by Crippen LogP contribution is 2.16. The van der Waals surface area contributed by atoms with E-state index in [1.165, 1.54) is 5.39 Å². The van der Waals surface area contributed by atoms with Crippen molar-refractivity contribution in [3.63, 3.8) is 0 Å². The summed E-state index contributed by atoms with van der Waals surface area (Å²) < 4.78 is 3.07. The largest absolute Gasteiger partial charge is 0.331 e. The van der Waals surface area contributed by atoms with Crippen LogP contribution >= 0.6 is 15.9 Å². The Kier molecular flexibility index (Phi) is 3.07. The van der Waals surface area contributed by atoms with Crippen LogP contribution < -0.4 is 0 Å². The standard InChI is InChI=1S/C11H14BrN3/c1-14(2)7-8-15-6-5-9-3-4-10(12)13-11(9)15/h3-6H,7-8H2,1-2H3. The Balaban J connectivity index is 2.31. The van der Waals surface area contributed by atoms with Gasteiger partial charge in [-0.1, -0.05) is 0 Å². The second kappa shape index (κ2) is 4.33. The van der Waals surface area contributed by atoms with E-state index in [-0.39, 0.29) is 0 Å². The fourth-order valence-electron chi connectivity index (χ4n) is 1.53. The molecule has 15 heavy (non-hydrogen) atoms. The van der Waals surface area contributed by atoms with Crippen LogP contribution in [0.2, 0.25) is 0 Å². The Labute approximate surface area is 97.8 Å². The summed E-state index contributed by atoms with van der Waals surface area (Å²) in [6.45, 7) is 2.00. The van der Waals surface area contributed by atoms with Gasteiger partial charge in [0.1, 0.15) is 10.3 Å². The zero-order valence-corrected chi connectivity index (χ0v) is 10.5. The molecular weight excluding hydrogens is 254 g/mol. The Hall–Kier alpha value is -0.870. The molecule has 0 bridgehead atoms. The summed E-state index contributed by atoms with van der Waals surface area (Å²) in [5, 5.41) is 1.19. The van der Waals surface area contributed by atoms with Crippen molar-refractivity contribution in [1.82, 2.24) is 14.5 Å². The Morgan fingerprint density at radius 3 is 2.87 bits per heavy atom. The molecule has 2 heterocycles. The van der Waals surface area contributed by atoms with Crippen LogP contribution in [0.25, 0.3) is 11.0 Å². The Morgan fingerprint density at radius 2 is 2.13 bits per heavy atom. The summed E-state index contributed by atoms with van der Waals surface area (Å²) in [5.41, 5.74) is 1.05. The summed E-state index contributed by atoms with van der Waals surface area (Å²) in [6.07, 6.45) is 2.09. The van der Waals surface area contributed by atoms with Crippen molar-refractivity contribution in [3.8, 4) is 0 Å². The second-order valence-electron chi connectivity index (χ2n) is 3.86. The highest BCUT2D eigenvalue weighted by Gasteiger charge is 2.02. The number of halogens is 1. The molecule has 0 saturated carbocycles. The fraction of sp³-hybridized carbons (Fsp3) is 0.364. The van der Waals surface area contributed by atoms with Gasteiger partial charge in [0.05, 0.1) is 0 Å². The first-order valence-electron chi connectivity index (χ1n) is 4.93. The number of fused-ring (bicyclic) bond motifs is 1. The highest BCUT2D eigenvalue weighted by molar-refractivity contribution is 9.10. The maximum absolute atomic E-state index is 4.47. The van der Waals surface area contributed by atoms with E-state index in [2.05, 4.69) is 62.8 Å². The zero-order chi connectivity index (χ0) is 10.8. The van der Waals surface area contributed by atoms with Gasteiger partial charge in [-0.05, 0) is 48.2 Å². The van der Waals surface area contributed by atoms with Crippen molar-refractivity contribution < 1.29 is 0 Å². The second-order valence-corrected chi connectivity index (χ2v) is 4.67. The van der Waals surface area contributed by atoms with Gasteiger partial charge >= 0.3 is 0 Å². The van der Waals surface area contributed by atoms with Gasteiger partial charge in [-0.25, -0.2) is 4.98 Å². The minimum absolute atomic E-state index is 0.889. The van der Waals surface area contributed by atoms with Crippen LogP contribution in [0.3, 0.4) is 0 Å². The molecule has 2 aromatic heterocycles. The third kappa shape index (κ3) is 2.38. The lowest BCUT2D eigenvalue weighted by atomic mass is 10.3. The molecule has 0 N–H and O–H groups in total. The average molecular weight is 268 g/mol. The molecule has 0 spiro atoms. The molecular formula is C11H14BrN3. The summed E-state index contributed by atoms with van der Waals surface area (Å²) in [5.74, 6) is 0. The summed E-state index contributed by atoms with van der Waals surface area (Å²) in [4.78, 5) is 6.65. The van der Waals surface area contributed by atoms with Crippen molar-refractivity contribution in [2.75, 3.05) is 20.6 Å². The van der Waals surface area contributed by atoms with Gasteiger partial charge < -0.3 is 9.47 Å². The number of pyridine rings is 1. The molecule has 0 aliphatic carbocycles. The first-order chi connectivity index (χ1) is 7.16. The lowest BCUT2D eigenvalue weighted by Gasteiger charge is -2.10. The van der Waals surface area contributed by atoms with Crippen molar-refractivity contribution in [2.45, 2.75) is 6.54 Å². The molecule has 0 atom stereocenters. The highest BCUT2D eigenvalue weighted by atomic mass is 79.9. The predicted molar refractivity (Wildman–Crippen MR) is 66.0 cm³/mol. The lowest BCUT2D eigenvalue weighted by Crippen LogP contribution is -2.18. The average Bonchev–Trinajstić information content (AvgIpc) is 2.57. The van der Waals surface area contributed by atoms with Gasteiger partial charge in [0.25, 0.3) is 0 Å². The molecule has 2 aromatic rings. The summed E-state index contributed by atoms with van der Waals surface area (Å²) in [6, 6.07) is 6.15. The predicted octanol–water partition coefficient (Wildman–Crippen LogP) is 2.36. The summed E-state index contributed by atoms with van der Waals surface area (Å²) in [7, 11) is 4.16. The Bertz CT molecular complexity index is 462. The maximum Gasteiger partial charge on any atom is 0.141 e. The minimum Gasteiger partial charge on any atom is -0.331 e. The van der Waals surface area contributed by atoms with Crippen LogP contribution in [0.4, 0.5) is 0 Å². The third-order valence-electron chi connectivity index (χ3n) is 2.37. The first kappa shape index (κ1) is 10.6. The fourth-order valence-corrected chi connectivity index (χ4v) is 1.83. The smallest absolute Gasteiger partial charge is 0.141 e. The van der Waals surface area contributed by atoms with Crippen LogP contribution in [0.1, 0.15) is 0 Å². The minimum atomic E-state index is 0.889. The van der Waals surface area contributed by atoms with E-state index in [1.807, 2.05) is 6.07 Å². The van der Waals surface area contributed by atoms with Crippen molar-refractivity contribution >= 4 is 27.0 Å². The number of rotatable bonds is 3. The van der Waals surface area contributed by atoms with Crippen LogP contribution in [-0.2, 0) is 6.54 Å². The number of hydrogen-bond acceptors (Lipinski definition) is 2. The van der Waals surface area contributed by atoms with Gasteiger partial charge in [-0.2, -0.15) is 0 Å². The Morgan fingerprint density at radius 1 is 1.33 bits per heavy atom. The first-order valence-corrected chi connectivity index (χ1v) is 5.72. The van der Waals surface area contributed by atoms with Crippen LogP contribution in [-0.4, -0.2) is 35.1 Å². The maximum atomic E-state index is 4.47. The quantitative estimate of drug-likeness (QED) is 0.797. The molecule has 0 aliphatic heterocycles. The van der Waals surface area contributed by atoms with Gasteiger partial charge in [0.2, 0.25) is 0 Å². The number of nitrogens with zero attached hydrogens (tertiary/aromatic N) is 3. The molecule has 2 rings (SSSR count). The van der Waals surface area contributed by atoms with E-state index >= 15 is 0 Å². The molecule has 0 saturated heterocycles. The normalized spacial score (nSPS) is 11.5. The van der Waals surface area contributed by atoms with E-state index in [4.69, 9.17) is 0 Å². The number of aromatic nitrogens is 2. The van der Waals surface area contributed by atoms with E-state index in [9.17, 15) is 0 Å². The van der Waals surface area contributed by atoms with Crippen LogP contribution in [0, 0.1) is 0 Å². The molecule has 80 valence electrons. The van der Waals surface area contributed by atoms with Gasteiger partial charge in [0.15, 0.2) is 0 Å². The molecule has 0 radical (unpaired) electrons. The van der Waals surface area contributed by atoms with Crippen LogP contribution in [0.5, 0.6) is 0 Å². The van der Waals surface area contributed by atoms with Gasteiger partial charge in [-0.15, -0.1) is 0 Å². The van der Waals surface area contributed by atoms with E-state index in [0.717, 1.165) is 23.3 Å². The molecule has 3 nitrogen and oxygen atoms in total. The van der Waals surface area contributed by atoms with E-state index in [0.29, 0.717) is 0 Å². The zero-order valence-electron chi connectivity index (χ0n) is 8.94. The van der Waals surface area contributed by atoms with Crippen LogP contribution in [0.15, 0.2) is 29.0 Å². The number of likely N-dealkylation sites (N-methyl/N-ethyl adjacent to an activating group) is 1. The van der Waals surface area contributed by atoms with Gasteiger partial charge in [-0.3, -0.25) is 0 Å². The molecule has 0 fully saturated rings. The van der Waals surface area contributed by atoms with Gasteiger partial charge in [0, 0.05) is 24.7 Å². The monoisotopic (exact) mass is 267 g/mol. The van der Waals surface area contributed by atoms with E-state index in [1.54, 1.807) is 0 Å². The molecule has 0 unspecified atom stereocenters. The SMILES string of the molecule is CN(C)CCn1ccc2ccc(Br)nc21. The lowest BCUT2D eigenvalue weighted by molar-refractivity contribution is 0.386. The molecule has 0 amide bonds. The van der Waals surface area contributed by atoms with Crippen molar-refractivity contribution in [3.05, 3.63) is 29.0 Å².